The first-order chi connectivity index (χ1) is 35.6. The number of ether oxygens (including phenoxy) is 3. The lowest BCUT2D eigenvalue weighted by molar-refractivity contribution is -0.172. The van der Waals surface area contributed by atoms with Crippen molar-refractivity contribution in [3.8, 4) is 17.1 Å². The number of nitrogens with zero attached hydrogens (tertiary/aromatic N) is 5. The Balaban J connectivity index is 1.00. The third-order valence-corrected chi connectivity index (χ3v) is 13.4. The number of fused-ring (bicyclic) bond motifs is 5. The number of benzene rings is 2. The summed E-state index contributed by atoms with van der Waals surface area (Å²) < 4.78 is 18.0. The summed E-state index contributed by atoms with van der Waals surface area (Å²) in [6.07, 6.45) is -0.235. The number of carbonyl (C=O) groups excluding carboxylic acids is 7. The molecule has 6 rings (SSSR count). The van der Waals surface area contributed by atoms with Gasteiger partial charge in [0, 0.05) is 74.7 Å². The molecule has 0 unspecified atom stereocenters. The van der Waals surface area contributed by atoms with Gasteiger partial charge in [-0.15, -0.1) is 0 Å². The summed E-state index contributed by atoms with van der Waals surface area (Å²) in [4.78, 5) is 116. The molecule has 402 valence electrons. The van der Waals surface area contributed by atoms with Crippen LogP contribution in [0.4, 0.5) is 15.3 Å². The van der Waals surface area contributed by atoms with Crippen molar-refractivity contribution in [2.45, 2.75) is 118 Å². The maximum Gasteiger partial charge on any atom is 0.415 e. The van der Waals surface area contributed by atoms with Gasteiger partial charge in [-0.2, -0.15) is 0 Å². The lowest BCUT2D eigenvalue weighted by Gasteiger charge is -2.31. The second-order valence-electron chi connectivity index (χ2n) is 19.4. The average molecular weight is 1040 g/mol. The van der Waals surface area contributed by atoms with E-state index in [0.717, 1.165) is 16.5 Å². The summed E-state index contributed by atoms with van der Waals surface area (Å²) in [7, 11) is 3.06. The summed E-state index contributed by atoms with van der Waals surface area (Å²) in [5.41, 5.74) is 13.5. The zero-order valence-electron chi connectivity index (χ0n) is 43.7. The zero-order valence-corrected chi connectivity index (χ0v) is 43.7. The number of aromatic nitrogens is 2. The molecule has 0 saturated carbocycles. The van der Waals surface area contributed by atoms with Gasteiger partial charge in [-0.05, 0) is 79.1 Å². The van der Waals surface area contributed by atoms with Crippen LogP contribution < -0.4 is 37.7 Å². The highest BCUT2D eigenvalue weighted by Gasteiger charge is 2.45. The topological polar surface area (TPSA) is 309 Å². The molecule has 0 bridgehead atoms. The fraction of sp³-hybridized carbons (Fsp3) is 0.472. The van der Waals surface area contributed by atoms with E-state index in [-0.39, 0.29) is 111 Å². The van der Waals surface area contributed by atoms with Crippen LogP contribution in [0.5, 0.6) is 5.75 Å². The Kier molecular flexibility index (Phi) is 18.4. The highest BCUT2D eigenvalue weighted by atomic mass is 16.6. The van der Waals surface area contributed by atoms with E-state index in [9.17, 15) is 43.5 Å². The predicted octanol–water partition coefficient (Wildman–Crippen LogP) is 3.96. The normalized spacial score (nSPS) is 15.2. The van der Waals surface area contributed by atoms with Crippen molar-refractivity contribution in [2.75, 3.05) is 39.0 Å². The maximum absolute atomic E-state index is 13.7. The number of aryl methyl sites for hydroxylation is 1. The van der Waals surface area contributed by atoms with Gasteiger partial charge in [0.05, 0.1) is 29.0 Å². The van der Waals surface area contributed by atoms with Crippen LogP contribution in [0.25, 0.3) is 22.3 Å². The molecule has 0 saturated heterocycles. The number of Topliss-reactive ketones (excluding diaryl/α,β-unsaturated/α-hetero) is 1. The molecule has 5 amide bonds. The lowest BCUT2D eigenvalue weighted by Crippen LogP contribution is -2.54. The highest BCUT2D eigenvalue weighted by molar-refractivity contribution is 5.99. The van der Waals surface area contributed by atoms with Gasteiger partial charge in [-0.3, -0.25) is 29.0 Å². The number of nitrogens with one attached hydrogen (secondary N) is 3. The Morgan fingerprint density at radius 2 is 1.60 bits per heavy atom. The molecular weight excluding hydrogens is 969 g/mol. The van der Waals surface area contributed by atoms with Gasteiger partial charge in [0.2, 0.25) is 17.7 Å². The Hall–Kier alpha value is -7.88. The van der Waals surface area contributed by atoms with E-state index in [2.05, 4.69) is 20.9 Å². The molecule has 8 N–H and O–H groups in total. The zero-order chi connectivity index (χ0) is 54.9. The SMILES string of the molecule is CCc1c2c(nc3ccc(OC(=O)N(C)CCN(C)C(=O)OCc4ccc(NC(=O)[C@H](CCCN=C(N)N)NC(=O)[C@@H](NC(=O)CCC(=O)C(C)C)C(C)C)cc4)cc13)-c1cc3c(c(=O)n1C2)COC(=O)[C@]3(O)CC. The van der Waals surface area contributed by atoms with Crippen LogP contribution in [0.15, 0.2) is 58.3 Å². The van der Waals surface area contributed by atoms with E-state index in [1.807, 2.05) is 6.92 Å². The minimum Gasteiger partial charge on any atom is -0.458 e. The van der Waals surface area contributed by atoms with Crippen molar-refractivity contribution < 1.29 is 52.9 Å². The molecule has 22 nitrogen and oxygen atoms in total. The molecule has 3 atom stereocenters. The Morgan fingerprint density at radius 3 is 2.24 bits per heavy atom. The van der Waals surface area contributed by atoms with Crippen LogP contribution in [0, 0.1) is 11.8 Å². The Morgan fingerprint density at radius 1 is 0.907 bits per heavy atom. The van der Waals surface area contributed by atoms with Crippen LogP contribution in [0.2, 0.25) is 0 Å². The number of nitrogens with two attached hydrogens (primary N) is 2. The number of guanidine groups is 1. The summed E-state index contributed by atoms with van der Waals surface area (Å²) in [5.74, 6) is -2.83. The first kappa shape index (κ1) is 56.4. The number of anilines is 1. The molecule has 0 radical (unpaired) electrons. The van der Waals surface area contributed by atoms with E-state index >= 15 is 0 Å². The smallest absolute Gasteiger partial charge is 0.415 e. The van der Waals surface area contributed by atoms with Crippen LogP contribution in [-0.2, 0) is 65.2 Å². The first-order valence-corrected chi connectivity index (χ1v) is 25.1. The summed E-state index contributed by atoms with van der Waals surface area (Å²) >= 11 is 0. The van der Waals surface area contributed by atoms with Gasteiger partial charge < -0.3 is 61.1 Å². The molecule has 0 spiro atoms. The van der Waals surface area contributed by atoms with Crippen molar-refractivity contribution in [3.05, 3.63) is 86.7 Å². The summed E-state index contributed by atoms with van der Waals surface area (Å²) in [6.45, 7) is 10.9. The Bertz CT molecular complexity index is 2930. The van der Waals surface area contributed by atoms with Crippen LogP contribution >= 0.6 is 0 Å². The molecule has 22 heteroatoms. The molecule has 4 aromatic rings. The quantitative estimate of drug-likeness (QED) is 0.0247. The second kappa shape index (κ2) is 24.4. The number of hydrogen-bond donors (Lipinski definition) is 6. The van der Waals surface area contributed by atoms with E-state index in [1.54, 1.807) is 87.7 Å². The van der Waals surface area contributed by atoms with E-state index < -0.39 is 53.6 Å². The second-order valence-corrected chi connectivity index (χ2v) is 19.4. The molecule has 2 aromatic carbocycles. The average Bonchev–Trinajstić information content (AvgIpc) is 3.75. The van der Waals surface area contributed by atoms with Crippen LogP contribution in [0.1, 0.15) is 101 Å². The monoisotopic (exact) mass is 1040 g/mol. The molecule has 2 aromatic heterocycles. The molecule has 0 fully saturated rings. The molecule has 75 heavy (non-hydrogen) atoms. The highest BCUT2D eigenvalue weighted by Crippen LogP contribution is 2.41. The first-order valence-electron chi connectivity index (χ1n) is 25.1. The fourth-order valence-electron chi connectivity index (χ4n) is 8.78. The molecule has 2 aliphatic heterocycles. The number of cyclic esters (lactones) is 1. The number of carbonyl (C=O) groups is 7. The predicted molar refractivity (Wildman–Crippen MR) is 278 cm³/mol. The number of rotatable bonds is 22. The third-order valence-electron chi connectivity index (χ3n) is 13.4. The largest absolute Gasteiger partial charge is 0.458 e. The summed E-state index contributed by atoms with van der Waals surface area (Å²) in [5, 5.41) is 20.2. The molecule has 2 aliphatic rings. The van der Waals surface area contributed by atoms with Gasteiger partial charge in [-0.25, -0.2) is 19.4 Å². The van der Waals surface area contributed by atoms with E-state index in [1.165, 1.54) is 23.9 Å². The number of aliphatic hydroxyl groups is 1. The number of pyridine rings is 2. The maximum atomic E-state index is 13.7. The van der Waals surface area contributed by atoms with E-state index in [4.69, 9.17) is 30.7 Å². The summed E-state index contributed by atoms with van der Waals surface area (Å²) in [6, 6.07) is 11.3. The fourth-order valence-corrected chi connectivity index (χ4v) is 8.78. The standard InChI is InChI=1S/C53H68N10O12/c1-9-34-35-24-33(17-18-39(35)58-45-36(34)26-63-41(45)25-38-37(48(63)68)28-73-49(69)53(38,72)10-2)75-52(71)62(8)23-22-61(7)51(70)74-27-31-13-15-32(16-14-31)57-46(66)40(12-11-21-56-50(54)55)59-47(67)44(30(5)6)60-43(65)20-19-42(64)29(3)4/h13-18,24-25,29-30,40,44,72H,9-12,19-23,26-28H2,1-8H3,(H,57,66)(H,59,67)(H,60,65)(H4,54,55,56)/t40-,44-,53-/m0/s1. The van der Waals surface area contributed by atoms with Crippen LogP contribution in [0.3, 0.4) is 0 Å². The minimum atomic E-state index is -1.94. The van der Waals surface area contributed by atoms with Gasteiger partial charge in [0.1, 0.15) is 36.8 Å². The van der Waals surface area contributed by atoms with Crippen LogP contribution in [-0.4, -0.2) is 118 Å². The number of ketones is 1. The number of likely N-dealkylation sites (N-methyl/N-ethyl adjacent to an activating group) is 2. The van der Waals surface area contributed by atoms with Gasteiger partial charge >= 0.3 is 18.2 Å². The number of hydrogen-bond acceptors (Lipinski definition) is 14. The number of aliphatic imine (C=N–C) groups is 1. The van der Waals surface area contributed by atoms with Crippen molar-refractivity contribution in [1.82, 2.24) is 30.0 Å². The van der Waals surface area contributed by atoms with Crippen molar-refractivity contribution >= 4 is 64.2 Å². The van der Waals surface area contributed by atoms with Crippen molar-refractivity contribution in [1.29, 1.82) is 0 Å². The molecule has 0 aliphatic carbocycles. The van der Waals surface area contributed by atoms with E-state index in [0.29, 0.717) is 41.0 Å². The number of amides is 5. The van der Waals surface area contributed by atoms with Gasteiger partial charge in [-0.1, -0.05) is 53.7 Å². The minimum absolute atomic E-state index is 0.0298. The Labute approximate surface area is 434 Å². The van der Waals surface area contributed by atoms with Gasteiger partial charge in [0.15, 0.2) is 11.6 Å². The van der Waals surface area contributed by atoms with Crippen molar-refractivity contribution in [3.63, 3.8) is 0 Å². The molecular formula is C53H68N10O12. The number of esters is 1. The van der Waals surface area contributed by atoms with Crippen molar-refractivity contribution in [2.24, 2.45) is 28.3 Å². The third kappa shape index (κ3) is 13.3. The van der Waals surface area contributed by atoms with Gasteiger partial charge in [0.25, 0.3) is 5.56 Å². The molecule has 4 heterocycles. The lowest BCUT2D eigenvalue weighted by atomic mass is 9.86.